The standard InChI is InChI=1S/C24H23N3O2/c1-18-10-12-21(13-11-18)26-17-20(15-23(26)28)24(29)27(22-9-5-6-14-25-22)16-19-7-3-2-4-8-19/h2-14,20H,15-17H2,1H3/t20-/m0/s1. The van der Waals surface area contributed by atoms with Gasteiger partial charge in [0.25, 0.3) is 0 Å². The monoisotopic (exact) mass is 385 g/mol. The lowest BCUT2D eigenvalue weighted by molar-refractivity contribution is -0.124. The molecule has 1 aromatic heterocycles. The van der Waals surface area contributed by atoms with E-state index in [1.165, 1.54) is 0 Å². The molecule has 3 aromatic rings. The molecule has 0 N–H and O–H groups in total. The predicted molar refractivity (Wildman–Crippen MR) is 114 cm³/mol. The molecule has 1 atom stereocenters. The van der Waals surface area contributed by atoms with E-state index in [1.54, 1.807) is 16.0 Å². The maximum absolute atomic E-state index is 13.4. The van der Waals surface area contributed by atoms with E-state index >= 15 is 0 Å². The molecule has 146 valence electrons. The third kappa shape index (κ3) is 4.19. The summed E-state index contributed by atoms with van der Waals surface area (Å²) in [6.07, 6.45) is 1.89. The summed E-state index contributed by atoms with van der Waals surface area (Å²) in [5, 5.41) is 0. The highest BCUT2D eigenvalue weighted by Gasteiger charge is 2.37. The second-order valence-corrected chi connectivity index (χ2v) is 7.34. The fourth-order valence-corrected chi connectivity index (χ4v) is 3.62. The highest BCUT2D eigenvalue weighted by atomic mass is 16.2. The van der Waals surface area contributed by atoms with E-state index in [0.29, 0.717) is 18.9 Å². The van der Waals surface area contributed by atoms with Crippen LogP contribution in [0.5, 0.6) is 0 Å². The first-order valence-electron chi connectivity index (χ1n) is 9.75. The topological polar surface area (TPSA) is 53.5 Å². The van der Waals surface area contributed by atoms with E-state index in [0.717, 1.165) is 16.8 Å². The molecule has 0 radical (unpaired) electrons. The number of carbonyl (C=O) groups excluding carboxylic acids is 2. The van der Waals surface area contributed by atoms with Crippen molar-refractivity contribution in [3.63, 3.8) is 0 Å². The number of amides is 2. The first-order chi connectivity index (χ1) is 14.1. The fraction of sp³-hybridized carbons (Fsp3) is 0.208. The summed E-state index contributed by atoms with van der Waals surface area (Å²) in [4.78, 5) is 33.8. The zero-order valence-electron chi connectivity index (χ0n) is 16.4. The highest BCUT2D eigenvalue weighted by Crippen LogP contribution is 2.28. The van der Waals surface area contributed by atoms with Crippen molar-refractivity contribution in [1.82, 2.24) is 4.98 Å². The van der Waals surface area contributed by atoms with Gasteiger partial charge in [0, 0.05) is 24.8 Å². The Hall–Kier alpha value is -3.47. The zero-order valence-corrected chi connectivity index (χ0v) is 16.4. The van der Waals surface area contributed by atoms with Gasteiger partial charge in [-0.1, -0.05) is 54.1 Å². The van der Waals surface area contributed by atoms with Crippen molar-refractivity contribution in [1.29, 1.82) is 0 Å². The van der Waals surface area contributed by atoms with Crippen LogP contribution in [0.25, 0.3) is 0 Å². The number of aromatic nitrogens is 1. The molecular formula is C24H23N3O2. The second kappa shape index (κ2) is 8.27. The van der Waals surface area contributed by atoms with Crippen LogP contribution in [0.1, 0.15) is 17.5 Å². The Morgan fingerprint density at radius 3 is 2.45 bits per heavy atom. The van der Waals surface area contributed by atoms with Gasteiger partial charge >= 0.3 is 0 Å². The lowest BCUT2D eigenvalue weighted by Gasteiger charge is -2.25. The van der Waals surface area contributed by atoms with Crippen LogP contribution in [-0.2, 0) is 16.1 Å². The van der Waals surface area contributed by atoms with Gasteiger partial charge in [0.15, 0.2) is 0 Å². The number of pyridine rings is 1. The number of nitrogens with zero attached hydrogens (tertiary/aromatic N) is 3. The van der Waals surface area contributed by atoms with Crippen molar-refractivity contribution in [3.05, 3.63) is 90.1 Å². The Bertz CT molecular complexity index is 988. The first kappa shape index (κ1) is 18.9. The fourth-order valence-electron chi connectivity index (χ4n) is 3.62. The average molecular weight is 385 g/mol. The van der Waals surface area contributed by atoms with Gasteiger partial charge in [-0.3, -0.25) is 14.5 Å². The van der Waals surface area contributed by atoms with Crippen LogP contribution in [0.2, 0.25) is 0 Å². The molecule has 0 aliphatic carbocycles. The molecule has 1 saturated heterocycles. The Balaban J connectivity index is 1.57. The smallest absolute Gasteiger partial charge is 0.233 e. The largest absolute Gasteiger partial charge is 0.312 e. The number of rotatable bonds is 5. The highest BCUT2D eigenvalue weighted by molar-refractivity contribution is 6.04. The van der Waals surface area contributed by atoms with Gasteiger partial charge in [0.05, 0.1) is 12.5 Å². The lowest BCUT2D eigenvalue weighted by Crippen LogP contribution is -2.37. The summed E-state index contributed by atoms with van der Waals surface area (Å²) >= 11 is 0. The summed E-state index contributed by atoms with van der Waals surface area (Å²) < 4.78 is 0. The third-order valence-electron chi connectivity index (χ3n) is 5.20. The Morgan fingerprint density at radius 2 is 1.76 bits per heavy atom. The van der Waals surface area contributed by atoms with Gasteiger partial charge in [-0.2, -0.15) is 0 Å². The maximum atomic E-state index is 13.4. The molecule has 0 unspecified atom stereocenters. The third-order valence-corrected chi connectivity index (χ3v) is 5.20. The minimum absolute atomic E-state index is 0.0205. The molecule has 29 heavy (non-hydrogen) atoms. The summed E-state index contributed by atoms with van der Waals surface area (Å²) in [6.45, 7) is 2.82. The lowest BCUT2D eigenvalue weighted by atomic mass is 10.1. The van der Waals surface area contributed by atoms with E-state index in [9.17, 15) is 9.59 Å². The van der Waals surface area contributed by atoms with Gasteiger partial charge < -0.3 is 4.90 Å². The number of anilines is 2. The summed E-state index contributed by atoms with van der Waals surface area (Å²) in [5.74, 6) is 0.112. The normalized spacial score (nSPS) is 16.1. The van der Waals surface area contributed by atoms with Crippen molar-refractivity contribution in [2.45, 2.75) is 19.9 Å². The van der Waals surface area contributed by atoms with Gasteiger partial charge in [0.2, 0.25) is 11.8 Å². The van der Waals surface area contributed by atoms with Gasteiger partial charge in [-0.25, -0.2) is 4.98 Å². The van der Waals surface area contributed by atoms with E-state index < -0.39 is 5.92 Å². The Labute approximate surface area is 170 Å². The molecule has 0 bridgehead atoms. The second-order valence-electron chi connectivity index (χ2n) is 7.34. The van der Waals surface area contributed by atoms with Crippen LogP contribution in [-0.4, -0.2) is 23.3 Å². The zero-order chi connectivity index (χ0) is 20.2. The molecule has 4 rings (SSSR count). The SMILES string of the molecule is Cc1ccc(N2C[C@@H](C(=O)N(Cc3ccccc3)c3ccccn3)CC2=O)cc1. The molecule has 5 heteroatoms. The quantitative estimate of drug-likeness (QED) is 0.668. The van der Waals surface area contributed by atoms with Gasteiger partial charge in [0.1, 0.15) is 5.82 Å². The molecule has 0 spiro atoms. The summed E-state index contributed by atoms with van der Waals surface area (Å²) in [5.41, 5.74) is 2.99. The van der Waals surface area contributed by atoms with Gasteiger partial charge in [-0.15, -0.1) is 0 Å². The van der Waals surface area contributed by atoms with Crippen LogP contribution < -0.4 is 9.80 Å². The van der Waals surface area contributed by atoms with Crippen LogP contribution in [0, 0.1) is 12.8 Å². The molecule has 2 heterocycles. The number of carbonyl (C=O) groups is 2. The molecule has 5 nitrogen and oxygen atoms in total. The summed E-state index contributed by atoms with van der Waals surface area (Å²) in [6, 6.07) is 23.2. The average Bonchev–Trinajstić information content (AvgIpc) is 3.15. The molecule has 1 aliphatic rings. The summed E-state index contributed by atoms with van der Waals surface area (Å²) in [7, 11) is 0. The van der Waals surface area contributed by atoms with Crippen molar-refractivity contribution in [2.24, 2.45) is 5.92 Å². The Kier molecular flexibility index (Phi) is 5.38. The van der Waals surface area contributed by atoms with Crippen LogP contribution in [0.15, 0.2) is 79.0 Å². The number of benzene rings is 2. The maximum Gasteiger partial charge on any atom is 0.233 e. The number of hydrogen-bond acceptors (Lipinski definition) is 3. The van der Waals surface area contributed by atoms with Crippen molar-refractivity contribution >= 4 is 23.3 Å². The van der Waals surface area contributed by atoms with E-state index in [-0.39, 0.29) is 18.2 Å². The number of aryl methyl sites for hydroxylation is 1. The van der Waals surface area contributed by atoms with E-state index in [2.05, 4.69) is 4.98 Å². The van der Waals surface area contributed by atoms with Gasteiger partial charge in [-0.05, 0) is 36.8 Å². The number of hydrogen-bond donors (Lipinski definition) is 0. The van der Waals surface area contributed by atoms with Crippen molar-refractivity contribution in [2.75, 3.05) is 16.3 Å². The first-order valence-corrected chi connectivity index (χ1v) is 9.75. The molecular weight excluding hydrogens is 362 g/mol. The molecule has 1 fully saturated rings. The minimum atomic E-state index is -0.394. The molecule has 0 saturated carbocycles. The molecule has 1 aliphatic heterocycles. The van der Waals surface area contributed by atoms with Crippen LogP contribution in [0.4, 0.5) is 11.5 Å². The van der Waals surface area contributed by atoms with Crippen LogP contribution >= 0.6 is 0 Å². The Morgan fingerprint density at radius 1 is 1.03 bits per heavy atom. The molecule has 2 amide bonds. The van der Waals surface area contributed by atoms with Crippen molar-refractivity contribution < 1.29 is 9.59 Å². The van der Waals surface area contributed by atoms with Crippen LogP contribution in [0.3, 0.4) is 0 Å². The molecule has 2 aromatic carbocycles. The van der Waals surface area contributed by atoms with Crippen molar-refractivity contribution in [3.8, 4) is 0 Å². The van der Waals surface area contributed by atoms with E-state index in [4.69, 9.17) is 0 Å². The predicted octanol–water partition coefficient (Wildman–Crippen LogP) is 3.98. The van der Waals surface area contributed by atoms with E-state index in [1.807, 2.05) is 79.7 Å². The minimum Gasteiger partial charge on any atom is -0.312 e.